The zero-order valence-corrected chi connectivity index (χ0v) is 15.9. The molecule has 8 heteroatoms. The van der Waals surface area contributed by atoms with Gasteiger partial charge in [0.2, 0.25) is 0 Å². The lowest BCUT2D eigenvalue weighted by molar-refractivity contribution is -0.139. The van der Waals surface area contributed by atoms with E-state index < -0.39 is 18.1 Å². The highest BCUT2D eigenvalue weighted by Gasteiger charge is 2.20. The Balaban J connectivity index is 1.41. The van der Waals surface area contributed by atoms with Gasteiger partial charge >= 0.3 is 12.1 Å². The largest absolute Gasteiger partial charge is 0.480 e. The number of H-pyrrole nitrogens is 1. The highest BCUT2D eigenvalue weighted by Crippen LogP contribution is 2.16. The minimum absolute atomic E-state index is 0.0970. The van der Waals surface area contributed by atoms with E-state index in [-0.39, 0.29) is 6.61 Å². The molecule has 0 aliphatic carbocycles. The molecule has 146 valence electrons. The van der Waals surface area contributed by atoms with Gasteiger partial charge in [-0.3, -0.25) is 0 Å². The van der Waals surface area contributed by atoms with Gasteiger partial charge in [0, 0.05) is 0 Å². The van der Waals surface area contributed by atoms with E-state index in [0.717, 1.165) is 22.4 Å². The number of para-hydroxylation sites is 2. The molecule has 0 aliphatic rings. The molecule has 0 saturated carbocycles. The Labute approximate surface area is 166 Å². The summed E-state index contributed by atoms with van der Waals surface area (Å²) >= 11 is 1.56. The van der Waals surface area contributed by atoms with E-state index in [1.165, 1.54) is 0 Å². The number of thioether (sulfide) groups is 1. The van der Waals surface area contributed by atoms with E-state index in [4.69, 9.17) is 4.74 Å². The molecule has 0 fully saturated rings. The molecule has 1 aromatic heterocycles. The normalized spacial score (nSPS) is 11.9. The van der Waals surface area contributed by atoms with E-state index in [1.807, 2.05) is 54.6 Å². The maximum Gasteiger partial charge on any atom is 0.408 e. The number of hydrogen-bond acceptors (Lipinski definition) is 5. The fourth-order valence-electron chi connectivity index (χ4n) is 2.61. The molecular weight excluding hydrogens is 378 g/mol. The van der Waals surface area contributed by atoms with Gasteiger partial charge in [0.15, 0.2) is 0 Å². The summed E-state index contributed by atoms with van der Waals surface area (Å²) in [5, 5.41) is 11.7. The monoisotopic (exact) mass is 399 g/mol. The Morgan fingerprint density at radius 3 is 2.64 bits per heavy atom. The molecule has 1 amide bonds. The smallest absolute Gasteiger partial charge is 0.408 e. The number of ether oxygens (including phenoxy) is 1. The number of benzene rings is 2. The number of aliphatic carboxylic acids is 1. The summed E-state index contributed by atoms with van der Waals surface area (Å²) in [7, 11) is 0. The highest BCUT2D eigenvalue weighted by molar-refractivity contribution is 7.98. The van der Waals surface area contributed by atoms with Crippen LogP contribution in [0.2, 0.25) is 0 Å². The highest BCUT2D eigenvalue weighted by atomic mass is 32.2. The average molecular weight is 399 g/mol. The van der Waals surface area contributed by atoms with Crippen LogP contribution in [0.15, 0.2) is 54.6 Å². The van der Waals surface area contributed by atoms with Crippen molar-refractivity contribution >= 4 is 34.9 Å². The lowest BCUT2D eigenvalue weighted by Gasteiger charge is -2.14. The molecule has 0 aliphatic heterocycles. The summed E-state index contributed by atoms with van der Waals surface area (Å²) in [5.74, 6) is 0.959. The van der Waals surface area contributed by atoms with E-state index >= 15 is 0 Å². The van der Waals surface area contributed by atoms with Gasteiger partial charge in [-0.15, -0.1) is 0 Å². The van der Waals surface area contributed by atoms with Crippen molar-refractivity contribution in [1.82, 2.24) is 15.3 Å². The Kier molecular flexibility index (Phi) is 6.91. The van der Waals surface area contributed by atoms with E-state index in [1.54, 1.807) is 11.8 Å². The zero-order chi connectivity index (χ0) is 19.8. The number of carboxylic acids is 1. The molecule has 1 unspecified atom stereocenters. The SMILES string of the molecule is O=C(NC(CCSCc1nc2ccccc2[nH]1)C(=O)O)OCc1ccccc1. The zero-order valence-electron chi connectivity index (χ0n) is 15.1. The predicted molar refractivity (Wildman–Crippen MR) is 108 cm³/mol. The first-order valence-corrected chi connectivity index (χ1v) is 9.98. The van der Waals surface area contributed by atoms with Gasteiger partial charge in [-0.1, -0.05) is 42.5 Å². The number of imidazole rings is 1. The first-order chi connectivity index (χ1) is 13.6. The van der Waals surface area contributed by atoms with Crippen LogP contribution in [0.4, 0.5) is 4.79 Å². The number of fused-ring (bicyclic) bond motifs is 1. The first kappa shape index (κ1) is 19.8. The second kappa shape index (κ2) is 9.80. The van der Waals surface area contributed by atoms with Gasteiger partial charge in [-0.05, 0) is 29.9 Å². The fourth-order valence-corrected chi connectivity index (χ4v) is 3.49. The number of alkyl carbamates (subject to hydrolysis) is 1. The predicted octanol–water partition coefficient (Wildman–Crippen LogP) is 3.57. The first-order valence-electron chi connectivity index (χ1n) is 8.83. The van der Waals surface area contributed by atoms with Crippen molar-refractivity contribution in [1.29, 1.82) is 0 Å². The summed E-state index contributed by atoms with van der Waals surface area (Å²) in [6.07, 6.45) is -0.445. The van der Waals surface area contributed by atoms with Crippen molar-refractivity contribution in [3.8, 4) is 0 Å². The molecule has 28 heavy (non-hydrogen) atoms. The van der Waals surface area contributed by atoms with Gasteiger partial charge in [-0.25, -0.2) is 14.6 Å². The van der Waals surface area contributed by atoms with Crippen molar-refractivity contribution in [3.05, 3.63) is 66.0 Å². The Morgan fingerprint density at radius 1 is 1.14 bits per heavy atom. The molecule has 3 rings (SSSR count). The molecule has 0 saturated heterocycles. The maximum absolute atomic E-state index is 11.9. The number of aromatic amines is 1. The second-order valence-corrected chi connectivity index (χ2v) is 7.24. The van der Waals surface area contributed by atoms with Crippen LogP contribution in [0.25, 0.3) is 11.0 Å². The molecule has 1 heterocycles. The number of rotatable bonds is 9. The summed E-state index contributed by atoms with van der Waals surface area (Å²) in [6.45, 7) is 0.0970. The number of aromatic nitrogens is 2. The number of nitrogens with one attached hydrogen (secondary N) is 2. The average Bonchev–Trinajstić information content (AvgIpc) is 3.12. The van der Waals surface area contributed by atoms with Crippen LogP contribution in [0, 0.1) is 0 Å². The van der Waals surface area contributed by atoms with Crippen molar-refractivity contribution in [3.63, 3.8) is 0 Å². The third-order valence-electron chi connectivity index (χ3n) is 4.03. The van der Waals surface area contributed by atoms with Crippen LogP contribution in [0.1, 0.15) is 17.8 Å². The third-order valence-corrected chi connectivity index (χ3v) is 5.03. The number of carbonyl (C=O) groups is 2. The molecule has 0 bridgehead atoms. The minimum atomic E-state index is -1.08. The summed E-state index contributed by atoms with van der Waals surface area (Å²) in [4.78, 5) is 31.0. The lowest BCUT2D eigenvalue weighted by atomic mass is 10.2. The third kappa shape index (κ3) is 5.75. The molecule has 2 aromatic carbocycles. The molecule has 0 spiro atoms. The quantitative estimate of drug-likeness (QED) is 0.475. The van der Waals surface area contributed by atoms with Gasteiger partial charge in [0.1, 0.15) is 18.5 Å². The van der Waals surface area contributed by atoms with Crippen LogP contribution >= 0.6 is 11.8 Å². The van der Waals surface area contributed by atoms with Crippen molar-refractivity contribution in [2.75, 3.05) is 5.75 Å². The second-order valence-electron chi connectivity index (χ2n) is 6.14. The van der Waals surface area contributed by atoms with Crippen LogP contribution in [0.3, 0.4) is 0 Å². The topological polar surface area (TPSA) is 104 Å². The molecule has 3 N–H and O–H groups in total. The number of carbonyl (C=O) groups excluding carboxylic acids is 1. The van der Waals surface area contributed by atoms with Crippen LogP contribution in [0.5, 0.6) is 0 Å². The number of nitrogens with zero attached hydrogens (tertiary/aromatic N) is 1. The van der Waals surface area contributed by atoms with Crippen LogP contribution in [-0.4, -0.2) is 38.9 Å². The van der Waals surface area contributed by atoms with Gasteiger partial charge in [-0.2, -0.15) is 11.8 Å². The maximum atomic E-state index is 11.9. The fraction of sp³-hybridized carbons (Fsp3) is 0.250. The molecule has 3 aromatic rings. The number of hydrogen-bond donors (Lipinski definition) is 3. The Morgan fingerprint density at radius 2 is 1.89 bits per heavy atom. The van der Waals surface area contributed by atoms with Crippen LogP contribution < -0.4 is 5.32 Å². The molecular formula is C20H21N3O4S. The summed E-state index contributed by atoms with van der Waals surface area (Å²) in [5.41, 5.74) is 2.72. The molecule has 1 atom stereocenters. The number of carboxylic acid groups (broad SMARTS) is 1. The summed E-state index contributed by atoms with van der Waals surface area (Å²) < 4.78 is 5.08. The van der Waals surface area contributed by atoms with Gasteiger partial charge in [0.25, 0.3) is 0 Å². The molecule has 7 nitrogen and oxygen atoms in total. The van der Waals surface area contributed by atoms with Gasteiger partial charge < -0.3 is 20.1 Å². The van der Waals surface area contributed by atoms with Crippen LogP contribution in [-0.2, 0) is 21.9 Å². The Hall–Kier alpha value is -3.00. The van der Waals surface area contributed by atoms with Gasteiger partial charge in [0.05, 0.1) is 16.8 Å². The van der Waals surface area contributed by atoms with Crippen molar-refractivity contribution in [2.24, 2.45) is 0 Å². The minimum Gasteiger partial charge on any atom is -0.480 e. The van der Waals surface area contributed by atoms with E-state index in [2.05, 4.69) is 15.3 Å². The van der Waals surface area contributed by atoms with E-state index in [0.29, 0.717) is 17.9 Å². The van der Waals surface area contributed by atoms with E-state index in [9.17, 15) is 14.7 Å². The summed E-state index contributed by atoms with van der Waals surface area (Å²) in [6, 6.07) is 16.0. The lowest BCUT2D eigenvalue weighted by Crippen LogP contribution is -2.41. The van der Waals surface area contributed by atoms with Crippen molar-refractivity contribution < 1.29 is 19.4 Å². The standard InChI is InChI=1S/C20H21N3O4S/c24-19(25)17(23-20(26)27-12-14-6-2-1-3-7-14)10-11-28-13-18-21-15-8-4-5-9-16(15)22-18/h1-9,17H,10-13H2,(H,21,22)(H,23,26)(H,24,25). The molecule has 0 radical (unpaired) electrons. The Bertz CT molecular complexity index is 896. The number of amides is 1. The van der Waals surface area contributed by atoms with Crippen molar-refractivity contribution in [2.45, 2.75) is 24.8 Å².